The van der Waals surface area contributed by atoms with E-state index < -0.39 is 0 Å². The minimum atomic E-state index is 0.723. The van der Waals surface area contributed by atoms with Gasteiger partial charge in [0.25, 0.3) is 0 Å². The third-order valence-corrected chi connectivity index (χ3v) is 3.90. The summed E-state index contributed by atoms with van der Waals surface area (Å²) in [6.45, 7) is 11.5. The highest BCUT2D eigenvalue weighted by molar-refractivity contribution is 5.60. The van der Waals surface area contributed by atoms with E-state index in [4.69, 9.17) is 4.74 Å². The van der Waals surface area contributed by atoms with Gasteiger partial charge in [-0.2, -0.15) is 0 Å². The second-order valence-electron chi connectivity index (χ2n) is 5.71. The average molecular weight is 276 g/mol. The van der Waals surface area contributed by atoms with Crippen molar-refractivity contribution >= 4 is 5.69 Å². The van der Waals surface area contributed by atoms with Gasteiger partial charge in [0.15, 0.2) is 0 Å². The number of nitrogens with one attached hydrogen (secondary N) is 1. The number of benzene rings is 1. The fraction of sp³-hybridized carbons (Fsp3) is 0.647. The SMILES string of the molecule is CCNCc1ccc(N2CCCC(C)C2)c(OCC)c1. The molecule has 0 bridgehead atoms. The molecule has 1 heterocycles. The second-order valence-corrected chi connectivity index (χ2v) is 5.71. The summed E-state index contributed by atoms with van der Waals surface area (Å²) in [6, 6.07) is 6.65. The number of anilines is 1. The third-order valence-electron chi connectivity index (χ3n) is 3.90. The largest absolute Gasteiger partial charge is 0.492 e. The predicted molar refractivity (Wildman–Crippen MR) is 85.6 cm³/mol. The molecule has 3 heteroatoms. The van der Waals surface area contributed by atoms with Gasteiger partial charge in [0.1, 0.15) is 5.75 Å². The van der Waals surface area contributed by atoms with E-state index in [1.165, 1.54) is 24.1 Å². The number of nitrogens with zero attached hydrogens (tertiary/aromatic N) is 1. The van der Waals surface area contributed by atoms with Crippen LogP contribution in [0.3, 0.4) is 0 Å². The maximum absolute atomic E-state index is 5.88. The van der Waals surface area contributed by atoms with Crippen molar-refractivity contribution in [3.63, 3.8) is 0 Å². The van der Waals surface area contributed by atoms with Gasteiger partial charge in [0, 0.05) is 19.6 Å². The van der Waals surface area contributed by atoms with Crippen LogP contribution >= 0.6 is 0 Å². The molecule has 3 nitrogen and oxygen atoms in total. The Balaban J connectivity index is 2.17. The normalized spacial score (nSPS) is 19.1. The van der Waals surface area contributed by atoms with E-state index in [2.05, 4.69) is 49.2 Å². The van der Waals surface area contributed by atoms with Gasteiger partial charge in [-0.1, -0.05) is 19.9 Å². The molecule has 1 aromatic rings. The molecule has 0 saturated carbocycles. The Morgan fingerprint density at radius 3 is 2.90 bits per heavy atom. The Hall–Kier alpha value is -1.22. The zero-order valence-electron chi connectivity index (χ0n) is 13.1. The molecule has 0 amide bonds. The molecule has 1 saturated heterocycles. The molecule has 1 unspecified atom stereocenters. The fourth-order valence-corrected chi connectivity index (χ4v) is 2.88. The molecule has 1 aromatic carbocycles. The Bertz CT molecular complexity index is 419. The topological polar surface area (TPSA) is 24.5 Å². The highest BCUT2D eigenvalue weighted by Gasteiger charge is 2.19. The van der Waals surface area contributed by atoms with Crippen LogP contribution in [0.2, 0.25) is 0 Å². The third kappa shape index (κ3) is 3.89. The highest BCUT2D eigenvalue weighted by atomic mass is 16.5. The highest BCUT2D eigenvalue weighted by Crippen LogP contribution is 2.32. The molecule has 112 valence electrons. The first-order valence-electron chi connectivity index (χ1n) is 7.96. The maximum atomic E-state index is 5.88. The summed E-state index contributed by atoms with van der Waals surface area (Å²) in [5, 5.41) is 3.37. The van der Waals surface area contributed by atoms with Gasteiger partial charge in [-0.15, -0.1) is 0 Å². The van der Waals surface area contributed by atoms with Gasteiger partial charge in [-0.05, 0) is 49.9 Å². The summed E-state index contributed by atoms with van der Waals surface area (Å²) < 4.78 is 5.88. The van der Waals surface area contributed by atoms with Crippen molar-refractivity contribution in [1.82, 2.24) is 5.32 Å². The predicted octanol–water partition coefficient (Wildman–Crippen LogP) is 3.43. The molecule has 0 spiro atoms. The van der Waals surface area contributed by atoms with E-state index in [0.717, 1.165) is 44.5 Å². The lowest BCUT2D eigenvalue weighted by Crippen LogP contribution is -2.34. The van der Waals surface area contributed by atoms with Gasteiger partial charge >= 0.3 is 0 Å². The summed E-state index contributed by atoms with van der Waals surface area (Å²) in [5.41, 5.74) is 2.56. The van der Waals surface area contributed by atoms with E-state index in [1.807, 2.05) is 0 Å². The van der Waals surface area contributed by atoms with Crippen molar-refractivity contribution in [1.29, 1.82) is 0 Å². The number of hydrogen-bond acceptors (Lipinski definition) is 3. The molecular formula is C17H28N2O. The van der Waals surface area contributed by atoms with Crippen LogP contribution in [0.15, 0.2) is 18.2 Å². The van der Waals surface area contributed by atoms with Gasteiger partial charge in [-0.3, -0.25) is 0 Å². The van der Waals surface area contributed by atoms with E-state index in [-0.39, 0.29) is 0 Å². The molecular weight excluding hydrogens is 248 g/mol. The average Bonchev–Trinajstić information content (AvgIpc) is 2.45. The van der Waals surface area contributed by atoms with E-state index in [1.54, 1.807) is 0 Å². The van der Waals surface area contributed by atoms with Gasteiger partial charge < -0.3 is 15.0 Å². The van der Waals surface area contributed by atoms with Crippen LogP contribution in [-0.2, 0) is 6.54 Å². The fourth-order valence-electron chi connectivity index (χ4n) is 2.88. The van der Waals surface area contributed by atoms with Crippen LogP contribution < -0.4 is 15.0 Å². The van der Waals surface area contributed by atoms with Crippen LogP contribution in [0.5, 0.6) is 5.75 Å². The molecule has 1 aliphatic heterocycles. The lowest BCUT2D eigenvalue weighted by Gasteiger charge is -2.34. The minimum Gasteiger partial charge on any atom is -0.492 e. The van der Waals surface area contributed by atoms with Crippen molar-refractivity contribution < 1.29 is 4.74 Å². The Labute approximate surface area is 123 Å². The quantitative estimate of drug-likeness (QED) is 0.861. The molecule has 1 atom stereocenters. The van der Waals surface area contributed by atoms with Crippen LogP contribution in [0.25, 0.3) is 0 Å². The summed E-state index contributed by atoms with van der Waals surface area (Å²) in [4.78, 5) is 2.48. The van der Waals surface area contributed by atoms with Crippen LogP contribution in [-0.4, -0.2) is 26.2 Å². The lowest BCUT2D eigenvalue weighted by atomic mass is 9.99. The van der Waals surface area contributed by atoms with Crippen molar-refractivity contribution in [2.24, 2.45) is 5.92 Å². The molecule has 1 N–H and O–H groups in total. The minimum absolute atomic E-state index is 0.723. The number of rotatable bonds is 6. The molecule has 0 radical (unpaired) electrons. The lowest BCUT2D eigenvalue weighted by molar-refractivity contribution is 0.337. The van der Waals surface area contributed by atoms with Crippen molar-refractivity contribution in [3.8, 4) is 5.75 Å². The Morgan fingerprint density at radius 2 is 2.20 bits per heavy atom. The first kappa shape index (κ1) is 15.2. The Morgan fingerprint density at radius 1 is 1.35 bits per heavy atom. The zero-order chi connectivity index (χ0) is 14.4. The standard InChI is InChI=1S/C17H28N2O/c1-4-18-12-15-8-9-16(17(11-15)20-5-2)19-10-6-7-14(3)13-19/h8-9,11,14,18H,4-7,10,12-13H2,1-3H3. The molecule has 1 aliphatic rings. The zero-order valence-corrected chi connectivity index (χ0v) is 13.1. The molecule has 2 rings (SSSR count). The second kappa shape index (κ2) is 7.53. The van der Waals surface area contributed by atoms with E-state index in [0.29, 0.717) is 0 Å². The van der Waals surface area contributed by atoms with Gasteiger partial charge in [-0.25, -0.2) is 0 Å². The monoisotopic (exact) mass is 276 g/mol. The van der Waals surface area contributed by atoms with Crippen LogP contribution in [0.1, 0.15) is 39.2 Å². The van der Waals surface area contributed by atoms with Crippen molar-refractivity contribution in [3.05, 3.63) is 23.8 Å². The first-order valence-corrected chi connectivity index (χ1v) is 7.96. The molecule has 1 fully saturated rings. The van der Waals surface area contributed by atoms with E-state index in [9.17, 15) is 0 Å². The number of hydrogen-bond donors (Lipinski definition) is 1. The molecule has 0 aromatic heterocycles. The molecule has 0 aliphatic carbocycles. The van der Waals surface area contributed by atoms with Crippen LogP contribution in [0, 0.1) is 5.92 Å². The summed E-state index contributed by atoms with van der Waals surface area (Å²) in [7, 11) is 0. The first-order chi connectivity index (χ1) is 9.74. The summed E-state index contributed by atoms with van der Waals surface area (Å²) in [5.74, 6) is 1.82. The molecule has 20 heavy (non-hydrogen) atoms. The number of piperidine rings is 1. The summed E-state index contributed by atoms with van der Waals surface area (Å²) >= 11 is 0. The number of ether oxygens (including phenoxy) is 1. The van der Waals surface area contributed by atoms with Gasteiger partial charge in [0.2, 0.25) is 0 Å². The smallest absolute Gasteiger partial charge is 0.142 e. The Kier molecular flexibility index (Phi) is 5.72. The van der Waals surface area contributed by atoms with Crippen molar-refractivity contribution in [2.45, 2.75) is 40.2 Å². The van der Waals surface area contributed by atoms with Gasteiger partial charge in [0.05, 0.1) is 12.3 Å². The van der Waals surface area contributed by atoms with Crippen molar-refractivity contribution in [2.75, 3.05) is 31.1 Å². The summed E-state index contributed by atoms with van der Waals surface area (Å²) in [6.07, 6.45) is 2.63. The van der Waals surface area contributed by atoms with Crippen LogP contribution in [0.4, 0.5) is 5.69 Å². The van der Waals surface area contributed by atoms with E-state index >= 15 is 0 Å². The maximum Gasteiger partial charge on any atom is 0.142 e.